The Morgan fingerprint density at radius 1 is 1.09 bits per heavy atom. The number of hydrogen-bond donors (Lipinski definition) is 0. The maximum Gasteiger partial charge on any atom is 0.0355 e. The fourth-order valence-electron chi connectivity index (χ4n) is 1.28. The van der Waals surface area contributed by atoms with Gasteiger partial charge in [0.25, 0.3) is 0 Å². The topological polar surface area (TPSA) is 0 Å². The molecule has 0 nitrogen and oxygen atoms in total. The molecule has 2 heteroatoms. The Labute approximate surface area is 82.6 Å². The minimum atomic E-state index is 1.02. The van der Waals surface area contributed by atoms with E-state index >= 15 is 0 Å². The third-order valence-corrected chi connectivity index (χ3v) is 3.95. The first kappa shape index (κ1) is 7.56. The highest BCUT2D eigenvalue weighted by atomic mass is 79.9. The Morgan fingerprint density at radius 3 is 2.55 bits per heavy atom. The van der Waals surface area contributed by atoms with E-state index in [1.54, 1.807) is 0 Å². The van der Waals surface area contributed by atoms with Crippen molar-refractivity contribution in [1.82, 2.24) is 0 Å². The molecule has 1 aliphatic rings. The molecule has 0 heterocycles. The van der Waals surface area contributed by atoms with Gasteiger partial charge in [0.05, 0.1) is 0 Å². The smallest absolute Gasteiger partial charge is 0.0355 e. The minimum Gasteiger partial charge on any atom is -0.0619 e. The number of fused-ring (bicyclic) bond motifs is 1. The van der Waals surface area contributed by atoms with Crippen molar-refractivity contribution in [3.63, 3.8) is 0 Å². The first-order chi connectivity index (χ1) is 5.29. The van der Waals surface area contributed by atoms with Crippen LogP contribution in [0.3, 0.4) is 0 Å². The molecule has 0 spiro atoms. The summed E-state index contributed by atoms with van der Waals surface area (Å²) in [6.07, 6.45) is 1.02. The lowest BCUT2D eigenvalue weighted by Crippen LogP contribution is -1.79. The number of rotatable bonds is 0. The van der Waals surface area contributed by atoms with Crippen LogP contribution in [0, 0.1) is 0 Å². The molecule has 0 fully saturated rings. The van der Waals surface area contributed by atoms with Crippen molar-refractivity contribution in [2.24, 2.45) is 0 Å². The molecule has 0 unspecified atom stereocenters. The summed E-state index contributed by atoms with van der Waals surface area (Å²) >= 11 is 7.05. The summed E-state index contributed by atoms with van der Waals surface area (Å²) in [6, 6.07) is 8.43. The number of hydrogen-bond acceptors (Lipinski definition) is 0. The summed E-state index contributed by atoms with van der Waals surface area (Å²) in [5.41, 5.74) is 2.71. The second kappa shape index (κ2) is 2.76. The SMILES string of the molecule is BrC1=C(Br)c2ccccc2C1. The molecular weight excluding hydrogens is 268 g/mol. The van der Waals surface area contributed by atoms with Crippen LogP contribution in [0.2, 0.25) is 0 Å². The van der Waals surface area contributed by atoms with Gasteiger partial charge in [0.2, 0.25) is 0 Å². The lowest BCUT2D eigenvalue weighted by atomic mass is 10.1. The second-order valence-corrected chi connectivity index (χ2v) is 4.30. The van der Waals surface area contributed by atoms with Crippen molar-refractivity contribution in [2.45, 2.75) is 6.42 Å². The molecule has 0 aromatic heterocycles. The summed E-state index contributed by atoms with van der Waals surface area (Å²) < 4.78 is 2.45. The number of halogens is 2. The highest BCUT2D eigenvalue weighted by Gasteiger charge is 2.16. The molecule has 1 aromatic rings. The molecule has 11 heavy (non-hydrogen) atoms. The molecule has 0 N–H and O–H groups in total. The Hall–Kier alpha value is -0.0800. The molecule has 0 radical (unpaired) electrons. The second-order valence-electron chi connectivity index (χ2n) is 2.55. The van der Waals surface area contributed by atoms with Gasteiger partial charge in [-0.2, -0.15) is 0 Å². The van der Waals surface area contributed by atoms with E-state index in [0.717, 1.165) is 6.42 Å². The lowest BCUT2D eigenvalue weighted by molar-refractivity contribution is 1.30. The van der Waals surface area contributed by atoms with E-state index in [9.17, 15) is 0 Å². The third-order valence-electron chi connectivity index (χ3n) is 1.84. The predicted molar refractivity (Wildman–Crippen MR) is 54.9 cm³/mol. The summed E-state index contributed by atoms with van der Waals surface area (Å²) in [4.78, 5) is 0. The quantitative estimate of drug-likeness (QED) is 0.676. The summed E-state index contributed by atoms with van der Waals surface area (Å²) in [5.74, 6) is 0. The van der Waals surface area contributed by atoms with Crippen molar-refractivity contribution < 1.29 is 0 Å². The van der Waals surface area contributed by atoms with Gasteiger partial charge in [-0.1, -0.05) is 40.2 Å². The lowest BCUT2D eigenvalue weighted by Gasteiger charge is -1.95. The summed E-state index contributed by atoms with van der Waals surface area (Å²) in [6.45, 7) is 0. The Bertz CT molecular complexity index is 326. The zero-order valence-corrected chi connectivity index (χ0v) is 8.94. The third kappa shape index (κ3) is 1.18. The maximum atomic E-state index is 3.54. The molecule has 0 amide bonds. The van der Waals surface area contributed by atoms with Crippen molar-refractivity contribution in [3.05, 3.63) is 39.9 Å². The van der Waals surface area contributed by atoms with E-state index in [2.05, 4.69) is 56.1 Å². The van der Waals surface area contributed by atoms with Crippen molar-refractivity contribution in [1.29, 1.82) is 0 Å². The van der Waals surface area contributed by atoms with Gasteiger partial charge in [-0.15, -0.1) is 0 Å². The fraction of sp³-hybridized carbons (Fsp3) is 0.111. The predicted octanol–water partition coefficient (Wildman–Crippen LogP) is 3.70. The Balaban J connectivity index is 2.60. The van der Waals surface area contributed by atoms with Gasteiger partial charge in [0.15, 0.2) is 0 Å². The fourth-order valence-corrected chi connectivity index (χ4v) is 2.32. The van der Waals surface area contributed by atoms with E-state index in [1.165, 1.54) is 20.1 Å². The summed E-state index contributed by atoms with van der Waals surface area (Å²) in [5, 5.41) is 0. The van der Waals surface area contributed by atoms with Gasteiger partial charge in [-0.05, 0) is 27.1 Å². The molecule has 0 aliphatic heterocycles. The molecule has 0 saturated carbocycles. The Kier molecular flexibility index (Phi) is 1.90. The van der Waals surface area contributed by atoms with Crippen LogP contribution in [-0.4, -0.2) is 0 Å². The van der Waals surface area contributed by atoms with E-state index < -0.39 is 0 Å². The van der Waals surface area contributed by atoms with Crippen LogP contribution in [0.25, 0.3) is 4.48 Å². The van der Waals surface area contributed by atoms with Crippen molar-refractivity contribution in [3.8, 4) is 0 Å². The monoisotopic (exact) mass is 272 g/mol. The van der Waals surface area contributed by atoms with Gasteiger partial charge < -0.3 is 0 Å². The number of benzene rings is 1. The molecule has 0 saturated heterocycles. The van der Waals surface area contributed by atoms with E-state index in [0.29, 0.717) is 0 Å². The largest absolute Gasteiger partial charge is 0.0619 e. The van der Waals surface area contributed by atoms with Gasteiger partial charge in [0, 0.05) is 15.4 Å². The molecule has 1 aliphatic carbocycles. The van der Waals surface area contributed by atoms with Crippen LogP contribution in [0.4, 0.5) is 0 Å². The van der Waals surface area contributed by atoms with Crippen LogP contribution in [0.5, 0.6) is 0 Å². The molecular formula is C9H6Br2. The van der Waals surface area contributed by atoms with Crippen LogP contribution >= 0.6 is 31.9 Å². The average Bonchev–Trinajstić information content (AvgIpc) is 2.30. The number of allylic oxidation sites excluding steroid dienone is 1. The van der Waals surface area contributed by atoms with Crippen molar-refractivity contribution >= 4 is 36.3 Å². The van der Waals surface area contributed by atoms with Crippen LogP contribution in [-0.2, 0) is 6.42 Å². The van der Waals surface area contributed by atoms with E-state index in [4.69, 9.17) is 0 Å². The highest BCUT2D eigenvalue weighted by molar-refractivity contribution is 9.16. The van der Waals surface area contributed by atoms with Gasteiger partial charge >= 0.3 is 0 Å². The van der Waals surface area contributed by atoms with Crippen molar-refractivity contribution in [2.75, 3.05) is 0 Å². The average molecular weight is 274 g/mol. The van der Waals surface area contributed by atoms with Gasteiger partial charge in [0.1, 0.15) is 0 Å². The van der Waals surface area contributed by atoms with Gasteiger partial charge in [-0.3, -0.25) is 0 Å². The highest BCUT2D eigenvalue weighted by Crippen LogP contribution is 2.39. The zero-order valence-electron chi connectivity index (χ0n) is 5.77. The molecule has 1 aromatic carbocycles. The maximum absolute atomic E-state index is 3.54. The standard InChI is InChI=1S/C9H6Br2/c10-8-5-6-3-1-2-4-7(6)9(8)11/h1-4H,5H2. The van der Waals surface area contributed by atoms with Crippen LogP contribution in [0.1, 0.15) is 11.1 Å². The Morgan fingerprint density at radius 2 is 1.82 bits per heavy atom. The summed E-state index contributed by atoms with van der Waals surface area (Å²) in [7, 11) is 0. The molecule has 0 atom stereocenters. The van der Waals surface area contributed by atoms with Crippen LogP contribution < -0.4 is 0 Å². The zero-order chi connectivity index (χ0) is 7.84. The molecule has 2 rings (SSSR count). The first-order valence-corrected chi connectivity index (χ1v) is 5.00. The first-order valence-electron chi connectivity index (χ1n) is 3.41. The van der Waals surface area contributed by atoms with E-state index in [-0.39, 0.29) is 0 Å². The minimum absolute atomic E-state index is 1.02. The molecule has 0 bridgehead atoms. The normalized spacial score (nSPS) is 15.5. The van der Waals surface area contributed by atoms with E-state index in [1.807, 2.05) is 0 Å². The van der Waals surface area contributed by atoms with Crippen LogP contribution in [0.15, 0.2) is 28.7 Å². The molecule has 56 valence electrons. The van der Waals surface area contributed by atoms with Gasteiger partial charge in [-0.25, -0.2) is 0 Å².